The van der Waals surface area contributed by atoms with E-state index in [1.807, 2.05) is 7.05 Å². The third-order valence-corrected chi connectivity index (χ3v) is 2.94. The molecule has 0 bridgehead atoms. The van der Waals surface area contributed by atoms with Gasteiger partial charge >= 0.3 is 0 Å². The van der Waals surface area contributed by atoms with Crippen LogP contribution >= 0.6 is 0 Å². The molecule has 2 N–H and O–H groups in total. The maximum Gasteiger partial charge on any atom is 0.0780 e. The number of fused-ring (bicyclic) bond motifs is 1. The Morgan fingerprint density at radius 3 is 3.45 bits per heavy atom. The van der Waals surface area contributed by atoms with Gasteiger partial charge in [-0.05, 0) is 13.5 Å². The van der Waals surface area contributed by atoms with Crippen LogP contribution in [0.2, 0.25) is 0 Å². The van der Waals surface area contributed by atoms with E-state index < -0.39 is 0 Å². The normalized spacial score (nSPS) is 42.8. The highest BCUT2D eigenvalue weighted by Gasteiger charge is 2.46. The number of rotatable bonds is 2. The smallest absolute Gasteiger partial charge is 0.0780 e. The summed E-state index contributed by atoms with van der Waals surface area (Å²) in [6.45, 7) is 4.21. The molecule has 2 rings (SSSR count). The number of hydrogen-bond acceptors (Lipinski definition) is 3. The van der Waals surface area contributed by atoms with Crippen molar-refractivity contribution in [2.24, 2.45) is 5.41 Å². The lowest BCUT2D eigenvalue weighted by atomic mass is 9.84. The van der Waals surface area contributed by atoms with Crippen molar-refractivity contribution in [2.75, 3.05) is 33.3 Å². The first-order chi connectivity index (χ1) is 5.37. The van der Waals surface area contributed by atoms with E-state index in [1.165, 1.54) is 6.42 Å². The molecular formula is C8H16N2O. The summed E-state index contributed by atoms with van der Waals surface area (Å²) >= 11 is 0. The first-order valence-corrected chi connectivity index (χ1v) is 4.34. The summed E-state index contributed by atoms with van der Waals surface area (Å²) in [5.74, 6) is 0. The molecule has 0 amide bonds. The highest BCUT2D eigenvalue weighted by atomic mass is 16.5. The van der Waals surface area contributed by atoms with Gasteiger partial charge < -0.3 is 15.4 Å². The standard InChI is InChI=1S/C8H16N2O/c1-9-5-8-2-3-11-7(8)4-10-6-8/h7,9-10H,2-6H2,1H3. The van der Waals surface area contributed by atoms with Crippen molar-refractivity contribution in [1.29, 1.82) is 0 Å². The lowest BCUT2D eigenvalue weighted by molar-refractivity contribution is 0.0832. The van der Waals surface area contributed by atoms with Gasteiger partial charge in [0.2, 0.25) is 0 Å². The van der Waals surface area contributed by atoms with E-state index in [9.17, 15) is 0 Å². The van der Waals surface area contributed by atoms with Crippen molar-refractivity contribution >= 4 is 0 Å². The highest BCUT2D eigenvalue weighted by molar-refractivity contribution is 5.00. The minimum Gasteiger partial charge on any atom is -0.376 e. The molecule has 2 fully saturated rings. The maximum atomic E-state index is 5.63. The molecule has 0 radical (unpaired) electrons. The van der Waals surface area contributed by atoms with Crippen LogP contribution in [0.4, 0.5) is 0 Å². The van der Waals surface area contributed by atoms with Crippen LogP contribution in [0.3, 0.4) is 0 Å². The van der Waals surface area contributed by atoms with Crippen molar-refractivity contribution < 1.29 is 4.74 Å². The molecule has 3 nitrogen and oxygen atoms in total. The number of ether oxygens (including phenoxy) is 1. The zero-order chi connectivity index (χ0) is 7.73. The Morgan fingerprint density at radius 1 is 1.73 bits per heavy atom. The average Bonchev–Trinajstić information content (AvgIpc) is 2.45. The van der Waals surface area contributed by atoms with Crippen LogP contribution in [0.5, 0.6) is 0 Å². The molecule has 2 heterocycles. The lowest BCUT2D eigenvalue weighted by Gasteiger charge is -2.25. The molecule has 2 saturated heterocycles. The van der Waals surface area contributed by atoms with Gasteiger partial charge in [0.15, 0.2) is 0 Å². The van der Waals surface area contributed by atoms with Gasteiger partial charge in [0.1, 0.15) is 0 Å². The highest BCUT2D eigenvalue weighted by Crippen LogP contribution is 2.36. The first kappa shape index (κ1) is 7.53. The van der Waals surface area contributed by atoms with Crippen molar-refractivity contribution in [3.63, 3.8) is 0 Å². The molecule has 3 heteroatoms. The maximum absolute atomic E-state index is 5.63. The summed E-state index contributed by atoms with van der Waals surface area (Å²) in [5, 5.41) is 6.64. The Labute approximate surface area is 67.5 Å². The molecule has 0 aromatic heterocycles. The minimum atomic E-state index is 0.411. The molecule has 0 saturated carbocycles. The SMILES string of the molecule is CNCC12CCOC1CNC2. The second-order valence-electron chi connectivity index (χ2n) is 3.63. The van der Waals surface area contributed by atoms with Gasteiger partial charge in [0, 0.05) is 31.7 Å². The van der Waals surface area contributed by atoms with E-state index in [-0.39, 0.29) is 0 Å². The van der Waals surface area contributed by atoms with Crippen molar-refractivity contribution in [3.05, 3.63) is 0 Å². The largest absolute Gasteiger partial charge is 0.376 e. The molecule has 0 aliphatic carbocycles. The fourth-order valence-corrected chi connectivity index (χ4v) is 2.29. The van der Waals surface area contributed by atoms with Crippen LogP contribution in [0.15, 0.2) is 0 Å². The van der Waals surface area contributed by atoms with E-state index in [2.05, 4.69) is 10.6 Å². The van der Waals surface area contributed by atoms with Crippen LogP contribution in [0.25, 0.3) is 0 Å². The Morgan fingerprint density at radius 2 is 2.64 bits per heavy atom. The van der Waals surface area contributed by atoms with E-state index >= 15 is 0 Å². The van der Waals surface area contributed by atoms with Crippen LogP contribution in [0.1, 0.15) is 6.42 Å². The van der Waals surface area contributed by atoms with Crippen molar-refractivity contribution in [3.8, 4) is 0 Å². The lowest BCUT2D eigenvalue weighted by Crippen LogP contribution is -2.38. The summed E-state index contributed by atoms with van der Waals surface area (Å²) in [7, 11) is 2.02. The fourth-order valence-electron chi connectivity index (χ4n) is 2.29. The quantitative estimate of drug-likeness (QED) is 0.570. The van der Waals surface area contributed by atoms with Crippen LogP contribution < -0.4 is 10.6 Å². The van der Waals surface area contributed by atoms with Gasteiger partial charge in [-0.3, -0.25) is 0 Å². The van der Waals surface area contributed by atoms with Gasteiger partial charge in [-0.1, -0.05) is 0 Å². The fraction of sp³-hybridized carbons (Fsp3) is 1.00. The first-order valence-electron chi connectivity index (χ1n) is 4.34. The van der Waals surface area contributed by atoms with Gasteiger partial charge in [0.25, 0.3) is 0 Å². The summed E-state index contributed by atoms with van der Waals surface area (Å²) in [4.78, 5) is 0. The molecule has 2 atom stereocenters. The summed E-state index contributed by atoms with van der Waals surface area (Å²) in [6, 6.07) is 0. The zero-order valence-electron chi connectivity index (χ0n) is 7.02. The monoisotopic (exact) mass is 156 g/mol. The molecule has 2 unspecified atom stereocenters. The topological polar surface area (TPSA) is 33.3 Å². The molecule has 2 aliphatic heterocycles. The van der Waals surface area contributed by atoms with Gasteiger partial charge in [-0.25, -0.2) is 0 Å². The number of hydrogen-bond donors (Lipinski definition) is 2. The molecule has 0 aromatic rings. The molecular weight excluding hydrogens is 140 g/mol. The predicted molar refractivity (Wildman–Crippen MR) is 43.6 cm³/mol. The third kappa shape index (κ3) is 1.08. The Balaban J connectivity index is 2.07. The van der Waals surface area contributed by atoms with E-state index in [1.54, 1.807) is 0 Å². The average molecular weight is 156 g/mol. The van der Waals surface area contributed by atoms with Crippen molar-refractivity contribution in [1.82, 2.24) is 10.6 Å². The third-order valence-electron chi connectivity index (χ3n) is 2.94. The van der Waals surface area contributed by atoms with E-state index in [0.29, 0.717) is 11.5 Å². The van der Waals surface area contributed by atoms with Crippen LogP contribution in [-0.2, 0) is 4.74 Å². The van der Waals surface area contributed by atoms with Crippen LogP contribution in [0, 0.1) is 5.41 Å². The van der Waals surface area contributed by atoms with Gasteiger partial charge in [0.05, 0.1) is 6.10 Å². The molecule has 64 valence electrons. The second-order valence-corrected chi connectivity index (χ2v) is 3.63. The Hall–Kier alpha value is -0.120. The summed E-state index contributed by atoms with van der Waals surface area (Å²) < 4.78 is 5.63. The van der Waals surface area contributed by atoms with Gasteiger partial charge in [-0.2, -0.15) is 0 Å². The minimum absolute atomic E-state index is 0.411. The number of nitrogens with one attached hydrogen (secondary N) is 2. The molecule has 2 aliphatic rings. The van der Waals surface area contributed by atoms with Gasteiger partial charge in [-0.15, -0.1) is 0 Å². The molecule has 0 spiro atoms. The Bertz CT molecular complexity index is 139. The van der Waals surface area contributed by atoms with E-state index in [4.69, 9.17) is 4.74 Å². The molecule has 0 aromatic carbocycles. The van der Waals surface area contributed by atoms with Crippen LogP contribution in [-0.4, -0.2) is 39.4 Å². The summed E-state index contributed by atoms with van der Waals surface area (Å²) in [6.07, 6.45) is 1.68. The Kier molecular flexibility index (Phi) is 1.87. The predicted octanol–water partition coefficient (Wildman–Crippen LogP) is -0.416. The second kappa shape index (κ2) is 2.73. The summed E-state index contributed by atoms with van der Waals surface area (Å²) in [5.41, 5.74) is 0.411. The zero-order valence-corrected chi connectivity index (χ0v) is 7.02. The molecule has 11 heavy (non-hydrogen) atoms. The van der Waals surface area contributed by atoms with Crippen molar-refractivity contribution in [2.45, 2.75) is 12.5 Å². The van der Waals surface area contributed by atoms with E-state index in [0.717, 1.165) is 26.2 Å².